The molecule has 3 amide bonds. The lowest BCUT2D eigenvalue weighted by Gasteiger charge is -2.35. The van der Waals surface area contributed by atoms with Crippen LogP contribution in [0, 0.1) is 6.92 Å². The molecule has 3 aromatic carbocycles. The second-order valence-electron chi connectivity index (χ2n) is 17.6. The van der Waals surface area contributed by atoms with Gasteiger partial charge in [0.15, 0.2) is 0 Å². The number of rotatable bonds is 17. The maximum absolute atomic E-state index is 13.6. The summed E-state index contributed by atoms with van der Waals surface area (Å²) in [6.45, 7) is 13.0. The molecule has 0 radical (unpaired) electrons. The van der Waals surface area contributed by atoms with E-state index in [1.807, 2.05) is 56.4 Å². The van der Waals surface area contributed by atoms with Gasteiger partial charge in [0.1, 0.15) is 24.8 Å². The van der Waals surface area contributed by atoms with E-state index in [1.54, 1.807) is 31.5 Å². The van der Waals surface area contributed by atoms with Crippen molar-refractivity contribution in [1.82, 2.24) is 35.8 Å². The van der Waals surface area contributed by atoms with Gasteiger partial charge in [-0.15, -0.1) is 0 Å². The molecule has 5 aromatic rings. The molecule has 18 heteroatoms. The first-order valence-electron chi connectivity index (χ1n) is 22.6. The van der Waals surface area contributed by atoms with E-state index >= 15 is 0 Å². The van der Waals surface area contributed by atoms with Gasteiger partial charge in [-0.3, -0.25) is 24.7 Å². The Morgan fingerprint density at radius 1 is 0.970 bits per heavy atom. The largest absolute Gasteiger partial charge is 0.494 e. The van der Waals surface area contributed by atoms with Crippen molar-refractivity contribution in [2.45, 2.75) is 64.6 Å². The summed E-state index contributed by atoms with van der Waals surface area (Å²) < 4.78 is 20.2. The number of anilines is 6. The van der Waals surface area contributed by atoms with Gasteiger partial charge in [0.05, 0.1) is 28.5 Å². The van der Waals surface area contributed by atoms with Crippen LogP contribution in [0.3, 0.4) is 0 Å². The van der Waals surface area contributed by atoms with Crippen molar-refractivity contribution >= 4 is 91.5 Å². The third-order valence-corrected chi connectivity index (χ3v) is 14.8. The average molecular weight is 981 g/mol. The number of carbonyl (C=O) groups excluding carboxylic acids is 3. The number of halogens is 1. The topological polar surface area (TPSA) is 186 Å². The number of hydrogen-bond donors (Lipinski definition) is 5. The third-order valence-electron chi connectivity index (χ3n) is 12.7. The standard InChI is InChI=1S/C48H59BrN11O5P/c1-7-30-25-38(55-48-52-27-35(49)45(57-48)54-37-14-13-36-33(12-11-29(2)53-36)44(37)66(5,6)64)42(65-4)26-41(30)59-22-17-31(18-23-59)51-20-19-50-21-24-58(3)39-10-8-9-32-34(39)28-60(47(32)63)40-15-16-43(61)56-46(40)62/h8-14,25-27,31,40,50-51H,7,15-24,28H2,1-6H3,(H,56,61,62)(H2,52,54,55,57). The van der Waals surface area contributed by atoms with Gasteiger partial charge in [-0.25, -0.2) is 4.98 Å². The second-order valence-corrected chi connectivity index (χ2v) is 21.6. The molecule has 5 heterocycles. The minimum Gasteiger partial charge on any atom is -0.494 e. The van der Waals surface area contributed by atoms with Gasteiger partial charge in [-0.2, -0.15) is 4.98 Å². The number of aromatic nitrogens is 3. The monoisotopic (exact) mass is 979 g/mol. The zero-order valence-electron chi connectivity index (χ0n) is 38.5. The summed E-state index contributed by atoms with van der Waals surface area (Å²) in [4.78, 5) is 57.8. The van der Waals surface area contributed by atoms with Crippen LogP contribution in [0.15, 0.2) is 65.3 Å². The first-order valence-corrected chi connectivity index (χ1v) is 26.0. The number of pyridine rings is 1. The second kappa shape index (κ2) is 20.1. The minimum atomic E-state index is -2.73. The van der Waals surface area contributed by atoms with E-state index in [2.05, 4.69) is 81.3 Å². The molecule has 2 aromatic heterocycles. The quantitative estimate of drug-likeness (QED) is 0.0389. The number of hydrogen-bond acceptors (Lipinski definition) is 14. The molecule has 1 unspecified atom stereocenters. The van der Waals surface area contributed by atoms with Crippen molar-refractivity contribution in [2.24, 2.45) is 0 Å². The SMILES string of the molecule is CCc1cc(Nc2ncc(Br)c(Nc3ccc4nc(C)ccc4c3P(C)(C)=O)n2)c(OC)cc1N1CCC(NCCNCCN(C)c2cccc3c2CN(C2CCC(=O)NC2=O)C3=O)CC1. The number of benzene rings is 3. The number of ether oxygens (including phenoxy) is 1. The molecule has 0 aliphatic carbocycles. The van der Waals surface area contributed by atoms with Crippen molar-refractivity contribution in [3.63, 3.8) is 0 Å². The molecular weight excluding hydrogens is 921 g/mol. The first-order chi connectivity index (χ1) is 31.7. The number of imide groups is 1. The minimum absolute atomic E-state index is 0.160. The molecule has 0 saturated carbocycles. The molecule has 0 bridgehead atoms. The van der Waals surface area contributed by atoms with Crippen LogP contribution in [0.4, 0.5) is 34.5 Å². The number of methoxy groups -OCH3 is 1. The van der Waals surface area contributed by atoms with Crippen LogP contribution in [-0.2, 0) is 27.1 Å². The van der Waals surface area contributed by atoms with Crippen LogP contribution < -0.4 is 46.4 Å². The highest BCUT2D eigenvalue weighted by Gasteiger charge is 2.40. The summed E-state index contributed by atoms with van der Waals surface area (Å²) in [5.41, 5.74) is 8.04. The van der Waals surface area contributed by atoms with Crippen LogP contribution in [0.5, 0.6) is 5.75 Å². The number of carbonyl (C=O) groups is 3. The lowest BCUT2D eigenvalue weighted by atomic mass is 10.0. The molecule has 0 spiro atoms. The number of nitrogens with zero attached hydrogens (tertiary/aromatic N) is 6. The molecule has 66 heavy (non-hydrogen) atoms. The summed E-state index contributed by atoms with van der Waals surface area (Å²) in [7, 11) is 0.970. The van der Waals surface area contributed by atoms with Crippen LogP contribution in [0.1, 0.15) is 59.8 Å². The van der Waals surface area contributed by atoms with E-state index in [0.717, 1.165) is 103 Å². The summed E-state index contributed by atoms with van der Waals surface area (Å²) in [6.07, 6.45) is 5.15. The van der Waals surface area contributed by atoms with Crippen molar-refractivity contribution in [1.29, 1.82) is 0 Å². The summed E-state index contributed by atoms with van der Waals surface area (Å²) in [5, 5.41) is 18.1. The molecule has 8 rings (SSSR count). The Morgan fingerprint density at radius 3 is 2.52 bits per heavy atom. The number of nitrogens with one attached hydrogen (secondary N) is 5. The molecule has 1 atom stereocenters. The predicted octanol–water partition coefficient (Wildman–Crippen LogP) is 6.45. The van der Waals surface area contributed by atoms with Gasteiger partial charge in [0.25, 0.3) is 5.91 Å². The zero-order chi connectivity index (χ0) is 46.7. The van der Waals surface area contributed by atoms with E-state index in [9.17, 15) is 18.9 Å². The Labute approximate surface area is 394 Å². The highest BCUT2D eigenvalue weighted by atomic mass is 79.9. The molecule has 3 aliphatic heterocycles. The average Bonchev–Trinajstić information content (AvgIpc) is 3.63. The maximum atomic E-state index is 13.6. The Balaban J connectivity index is 0.825. The Hall–Kier alpha value is -5.61. The van der Waals surface area contributed by atoms with Crippen LogP contribution in [-0.4, -0.2) is 116 Å². The molecule has 3 aliphatic rings. The van der Waals surface area contributed by atoms with Crippen molar-refractivity contribution in [3.05, 3.63) is 87.7 Å². The van der Waals surface area contributed by atoms with E-state index in [4.69, 9.17) is 9.72 Å². The van der Waals surface area contributed by atoms with Gasteiger partial charge in [0.2, 0.25) is 17.8 Å². The van der Waals surface area contributed by atoms with E-state index in [1.165, 1.54) is 5.56 Å². The molecule has 348 valence electrons. The first kappa shape index (κ1) is 46.9. The molecule has 5 N–H and O–H groups in total. The van der Waals surface area contributed by atoms with Gasteiger partial charge >= 0.3 is 0 Å². The fraction of sp³-hybridized carbons (Fsp3) is 0.417. The number of piperidine rings is 2. The van der Waals surface area contributed by atoms with Crippen molar-refractivity contribution in [3.8, 4) is 5.75 Å². The molecule has 16 nitrogen and oxygen atoms in total. The number of aryl methyl sites for hydroxylation is 2. The van der Waals surface area contributed by atoms with Crippen LogP contribution >= 0.6 is 23.1 Å². The third kappa shape index (κ3) is 10.2. The van der Waals surface area contributed by atoms with Crippen LogP contribution in [0.2, 0.25) is 0 Å². The van der Waals surface area contributed by atoms with E-state index in [0.29, 0.717) is 52.2 Å². The van der Waals surface area contributed by atoms with Gasteiger partial charge in [0, 0.05) is 116 Å². The van der Waals surface area contributed by atoms with Gasteiger partial charge < -0.3 is 45.3 Å². The summed E-state index contributed by atoms with van der Waals surface area (Å²) in [6, 6.07) is 17.5. The number of fused-ring (bicyclic) bond motifs is 2. The van der Waals surface area contributed by atoms with E-state index in [-0.39, 0.29) is 18.2 Å². The van der Waals surface area contributed by atoms with Gasteiger partial charge in [-0.05, 0) is 104 Å². The fourth-order valence-corrected chi connectivity index (χ4v) is 11.1. The van der Waals surface area contributed by atoms with Crippen LogP contribution in [0.25, 0.3) is 10.9 Å². The van der Waals surface area contributed by atoms with Crippen molar-refractivity contribution in [2.75, 3.05) is 87.2 Å². The van der Waals surface area contributed by atoms with E-state index < -0.39 is 19.1 Å². The summed E-state index contributed by atoms with van der Waals surface area (Å²) >= 11 is 3.61. The van der Waals surface area contributed by atoms with Crippen molar-refractivity contribution < 1.29 is 23.7 Å². The molecule has 2 fully saturated rings. The smallest absolute Gasteiger partial charge is 0.255 e. The Morgan fingerprint density at radius 2 is 1.77 bits per heavy atom. The lowest BCUT2D eigenvalue weighted by molar-refractivity contribution is -0.136. The number of likely N-dealkylation sites (N-methyl/N-ethyl adjacent to an activating group) is 1. The highest BCUT2D eigenvalue weighted by Crippen LogP contribution is 2.42. The summed E-state index contributed by atoms with van der Waals surface area (Å²) in [5.74, 6) is 0.756. The Kier molecular flexibility index (Phi) is 14.3. The normalized spacial score (nSPS) is 16.7. The Bertz CT molecular complexity index is 2710. The molecular formula is C48H59BrN11O5P. The predicted molar refractivity (Wildman–Crippen MR) is 266 cm³/mol. The fourth-order valence-electron chi connectivity index (χ4n) is 9.30. The number of amides is 3. The van der Waals surface area contributed by atoms with Gasteiger partial charge in [-0.1, -0.05) is 19.1 Å². The molecule has 2 saturated heterocycles. The zero-order valence-corrected chi connectivity index (χ0v) is 40.9. The lowest BCUT2D eigenvalue weighted by Crippen LogP contribution is -2.52. The maximum Gasteiger partial charge on any atom is 0.255 e. The highest BCUT2D eigenvalue weighted by molar-refractivity contribution is 9.10.